The van der Waals surface area contributed by atoms with Gasteiger partial charge >= 0.3 is 0 Å². The third-order valence-corrected chi connectivity index (χ3v) is 4.00. The van der Waals surface area contributed by atoms with E-state index in [-0.39, 0.29) is 5.78 Å². The zero-order valence-corrected chi connectivity index (χ0v) is 10.9. The molecule has 4 rings (SSSR count). The molecule has 20 heavy (non-hydrogen) atoms. The highest BCUT2D eigenvalue weighted by molar-refractivity contribution is 5.90. The van der Waals surface area contributed by atoms with E-state index < -0.39 is 12.2 Å². The van der Waals surface area contributed by atoms with Crippen LogP contribution in [0.15, 0.2) is 48.5 Å². The molecule has 2 unspecified atom stereocenters. The quantitative estimate of drug-likeness (QED) is 0.838. The summed E-state index contributed by atoms with van der Waals surface area (Å²) in [5.74, 6) is -0.0000926. The van der Waals surface area contributed by atoms with Crippen LogP contribution in [-0.4, -0.2) is 5.78 Å². The van der Waals surface area contributed by atoms with Crippen molar-refractivity contribution in [1.82, 2.24) is 0 Å². The van der Waals surface area contributed by atoms with Crippen LogP contribution in [0.4, 0.5) is 0 Å². The molecule has 100 valence electrons. The van der Waals surface area contributed by atoms with Crippen LogP contribution in [0.25, 0.3) is 0 Å². The van der Waals surface area contributed by atoms with Crippen molar-refractivity contribution in [2.75, 3.05) is 0 Å². The first-order chi connectivity index (χ1) is 9.84. The molecule has 2 heterocycles. The Morgan fingerprint density at radius 2 is 1.25 bits per heavy atom. The molecule has 0 aromatic heterocycles. The summed E-state index contributed by atoms with van der Waals surface area (Å²) in [6.45, 7) is 1.00. The van der Waals surface area contributed by atoms with Gasteiger partial charge in [0, 0.05) is 0 Å². The first kappa shape index (κ1) is 11.8. The monoisotopic (exact) mass is 266 g/mol. The molecular weight excluding hydrogens is 252 g/mol. The summed E-state index contributed by atoms with van der Waals surface area (Å²) in [5, 5.41) is 0. The second-order valence-corrected chi connectivity index (χ2v) is 5.18. The molecular formula is C17H14O3. The summed E-state index contributed by atoms with van der Waals surface area (Å²) in [6, 6.07) is 15.8. The maximum Gasteiger partial charge on any atom is 0.199 e. The normalized spacial score (nSPS) is 23.4. The Morgan fingerprint density at radius 1 is 0.800 bits per heavy atom. The number of Topliss-reactive ketones (excluding diaryl/α,β-unsaturated/α-hetero) is 1. The molecule has 0 aliphatic carbocycles. The van der Waals surface area contributed by atoms with Crippen molar-refractivity contribution < 1.29 is 14.3 Å². The average Bonchev–Trinajstić information content (AvgIpc) is 3.11. The highest BCUT2D eigenvalue weighted by Crippen LogP contribution is 2.39. The highest BCUT2D eigenvalue weighted by Gasteiger charge is 2.38. The van der Waals surface area contributed by atoms with Crippen LogP contribution >= 0.6 is 0 Å². The zero-order valence-electron chi connectivity index (χ0n) is 10.9. The first-order valence-electron chi connectivity index (χ1n) is 6.77. The standard InChI is InChI=1S/C17H14O3/c18-15(16-13-7-3-1-5-11(13)9-19-16)17-14-8-4-2-6-12(14)10-20-17/h1-8,16-17H,9-10H2. The number of fused-ring (bicyclic) bond motifs is 2. The maximum absolute atomic E-state index is 12.7. The summed E-state index contributed by atoms with van der Waals surface area (Å²) in [5.41, 5.74) is 4.14. The van der Waals surface area contributed by atoms with E-state index in [0.717, 1.165) is 22.3 Å². The minimum absolute atomic E-state index is 0.0000926. The third kappa shape index (κ3) is 1.71. The van der Waals surface area contributed by atoms with Crippen molar-refractivity contribution in [3.63, 3.8) is 0 Å². The molecule has 2 aromatic rings. The van der Waals surface area contributed by atoms with Gasteiger partial charge in [0.15, 0.2) is 5.78 Å². The van der Waals surface area contributed by atoms with Gasteiger partial charge in [-0.15, -0.1) is 0 Å². The molecule has 3 nitrogen and oxygen atoms in total. The molecule has 0 saturated carbocycles. The summed E-state index contributed by atoms with van der Waals surface area (Å²) >= 11 is 0. The van der Waals surface area contributed by atoms with Crippen molar-refractivity contribution in [3.8, 4) is 0 Å². The Labute approximate surface area is 117 Å². The average molecular weight is 266 g/mol. The van der Waals surface area contributed by atoms with Crippen molar-refractivity contribution in [1.29, 1.82) is 0 Å². The van der Waals surface area contributed by atoms with Crippen molar-refractivity contribution in [2.24, 2.45) is 0 Å². The van der Waals surface area contributed by atoms with Gasteiger partial charge in [0.25, 0.3) is 0 Å². The molecule has 2 aliphatic rings. The third-order valence-electron chi connectivity index (χ3n) is 4.00. The van der Waals surface area contributed by atoms with E-state index in [0.29, 0.717) is 13.2 Å². The Kier molecular flexibility index (Phi) is 2.69. The molecule has 0 N–H and O–H groups in total. The Hall–Kier alpha value is -1.97. The maximum atomic E-state index is 12.7. The predicted octanol–water partition coefficient (Wildman–Crippen LogP) is 3.10. The van der Waals surface area contributed by atoms with Crippen molar-refractivity contribution in [3.05, 3.63) is 70.8 Å². The largest absolute Gasteiger partial charge is 0.361 e. The number of carbonyl (C=O) groups is 1. The van der Waals surface area contributed by atoms with E-state index in [1.807, 2.05) is 48.5 Å². The van der Waals surface area contributed by atoms with Gasteiger partial charge in [-0.3, -0.25) is 4.79 Å². The van der Waals surface area contributed by atoms with Crippen molar-refractivity contribution >= 4 is 5.78 Å². The molecule has 3 heteroatoms. The van der Waals surface area contributed by atoms with E-state index in [2.05, 4.69) is 0 Å². The second-order valence-electron chi connectivity index (χ2n) is 5.18. The van der Waals surface area contributed by atoms with Gasteiger partial charge in [0.2, 0.25) is 0 Å². The number of hydrogen-bond acceptors (Lipinski definition) is 3. The van der Waals surface area contributed by atoms with Gasteiger partial charge in [0.1, 0.15) is 12.2 Å². The van der Waals surface area contributed by atoms with Gasteiger partial charge < -0.3 is 9.47 Å². The molecule has 0 bridgehead atoms. The van der Waals surface area contributed by atoms with Crippen LogP contribution in [0.2, 0.25) is 0 Å². The predicted molar refractivity (Wildman–Crippen MR) is 73.0 cm³/mol. The van der Waals surface area contributed by atoms with Crippen LogP contribution in [-0.2, 0) is 27.5 Å². The topological polar surface area (TPSA) is 35.5 Å². The minimum Gasteiger partial charge on any atom is -0.361 e. The Morgan fingerprint density at radius 3 is 1.75 bits per heavy atom. The van der Waals surface area contributed by atoms with Gasteiger partial charge in [-0.05, 0) is 22.3 Å². The van der Waals surface area contributed by atoms with E-state index in [1.165, 1.54) is 0 Å². The van der Waals surface area contributed by atoms with Crippen LogP contribution in [0.3, 0.4) is 0 Å². The SMILES string of the molecule is O=C(C1OCc2ccccc21)C1OCc2ccccc21. The van der Waals surface area contributed by atoms with Gasteiger partial charge in [-0.2, -0.15) is 0 Å². The number of ketones is 1. The molecule has 2 aromatic carbocycles. The van der Waals surface area contributed by atoms with Crippen LogP contribution in [0.5, 0.6) is 0 Å². The van der Waals surface area contributed by atoms with Gasteiger partial charge in [-0.1, -0.05) is 48.5 Å². The molecule has 2 aliphatic heterocycles. The fraction of sp³-hybridized carbons (Fsp3) is 0.235. The lowest BCUT2D eigenvalue weighted by Gasteiger charge is -2.15. The van der Waals surface area contributed by atoms with Crippen LogP contribution in [0.1, 0.15) is 34.5 Å². The number of rotatable bonds is 2. The minimum atomic E-state index is -0.498. The summed E-state index contributed by atoms with van der Waals surface area (Å²) < 4.78 is 11.4. The summed E-state index contributed by atoms with van der Waals surface area (Å²) in [7, 11) is 0. The number of carbonyl (C=O) groups excluding carboxylic acids is 1. The van der Waals surface area contributed by atoms with Crippen LogP contribution in [0, 0.1) is 0 Å². The number of benzene rings is 2. The van der Waals surface area contributed by atoms with Crippen molar-refractivity contribution in [2.45, 2.75) is 25.4 Å². The fourth-order valence-electron chi connectivity index (χ4n) is 2.98. The lowest BCUT2D eigenvalue weighted by Crippen LogP contribution is -2.19. The molecule has 0 amide bonds. The lowest BCUT2D eigenvalue weighted by molar-refractivity contribution is -0.141. The molecule has 0 spiro atoms. The van der Waals surface area contributed by atoms with E-state index in [1.54, 1.807) is 0 Å². The Balaban J connectivity index is 1.67. The number of ether oxygens (including phenoxy) is 2. The highest BCUT2D eigenvalue weighted by atomic mass is 16.5. The summed E-state index contributed by atoms with van der Waals surface area (Å²) in [6.07, 6.45) is -0.996. The van der Waals surface area contributed by atoms with E-state index in [9.17, 15) is 4.79 Å². The Bertz CT molecular complexity index is 620. The lowest BCUT2D eigenvalue weighted by atomic mass is 9.95. The van der Waals surface area contributed by atoms with Crippen LogP contribution < -0.4 is 0 Å². The summed E-state index contributed by atoms with van der Waals surface area (Å²) in [4.78, 5) is 12.7. The molecule has 0 radical (unpaired) electrons. The molecule has 0 saturated heterocycles. The number of hydrogen-bond donors (Lipinski definition) is 0. The zero-order chi connectivity index (χ0) is 13.5. The fourth-order valence-corrected chi connectivity index (χ4v) is 2.98. The van der Waals surface area contributed by atoms with Gasteiger partial charge in [-0.25, -0.2) is 0 Å². The van der Waals surface area contributed by atoms with Gasteiger partial charge in [0.05, 0.1) is 13.2 Å². The second kappa shape index (κ2) is 4.54. The molecule has 0 fully saturated rings. The van der Waals surface area contributed by atoms with E-state index >= 15 is 0 Å². The smallest absolute Gasteiger partial charge is 0.199 e. The van der Waals surface area contributed by atoms with E-state index in [4.69, 9.17) is 9.47 Å². The first-order valence-corrected chi connectivity index (χ1v) is 6.77. The molecule has 2 atom stereocenters.